The van der Waals surface area contributed by atoms with Gasteiger partial charge in [-0.3, -0.25) is 14.9 Å². The number of aromatic amines is 1. The average molecular weight is 452 g/mol. The second-order valence-corrected chi connectivity index (χ2v) is 8.14. The number of hydrogen-bond donors (Lipinski definition) is 2. The van der Waals surface area contributed by atoms with Gasteiger partial charge in [0.2, 0.25) is 11.1 Å². The molecule has 0 saturated carbocycles. The molecule has 0 fully saturated rings. The summed E-state index contributed by atoms with van der Waals surface area (Å²) in [5.74, 6) is -0.358. The summed E-state index contributed by atoms with van der Waals surface area (Å²) >= 11 is 1.29. The SMILES string of the molecule is O=C(C[C@H](Sc1n[nH]c(-c2ccc(F)cc2)n1)c1ccc(F)cc1)NCc1cccnc1. The zero-order chi connectivity index (χ0) is 22.3. The summed E-state index contributed by atoms with van der Waals surface area (Å²) in [6.07, 6.45) is 3.51. The highest BCUT2D eigenvalue weighted by atomic mass is 32.2. The highest BCUT2D eigenvalue weighted by molar-refractivity contribution is 7.99. The van der Waals surface area contributed by atoms with Gasteiger partial charge in [0.15, 0.2) is 5.82 Å². The van der Waals surface area contributed by atoms with Crippen LogP contribution in [0.5, 0.6) is 0 Å². The number of rotatable bonds is 8. The Morgan fingerprint density at radius 2 is 1.75 bits per heavy atom. The summed E-state index contributed by atoms with van der Waals surface area (Å²) in [4.78, 5) is 21.1. The van der Waals surface area contributed by atoms with Crippen molar-refractivity contribution in [2.45, 2.75) is 23.4 Å². The number of H-pyrrole nitrogens is 1. The van der Waals surface area contributed by atoms with Crippen molar-refractivity contribution in [2.24, 2.45) is 0 Å². The lowest BCUT2D eigenvalue weighted by Gasteiger charge is -2.15. The Balaban J connectivity index is 1.48. The molecule has 4 aromatic rings. The summed E-state index contributed by atoms with van der Waals surface area (Å²) in [6, 6.07) is 15.6. The molecule has 2 aromatic carbocycles. The van der Waals surface area contributed by atoms with E-state index >= 15 is 0 Å². The highest BCUT2D eigenvalue weighted by Crippen LogP contribution is 2.36. The van der Waals surface area contributed by atoms with E-state index in [1.54, 1.807) is 42.7 Å². The van der Waals surface area contributed by atoms with Crippen LogP contribution in [0.2, 0.25) is 0 Å². The summed E-state index contributed by atoms with van der Waals surface area (Å²) in [5.41, 5.74) is 2.36. The number of benzene rings is 2. The van der Waals surface area contributed by atoms with Crippen LogP contribution in [0.25, 0.3) is 11.4 Å². The fourth-order valence-electron chi connectivity index (χ4n) is 3.01. The molecule has 32 heavy (non-hydrogen) atoms. The number of pyridine rings is 1. The monoisotopic (exact) mass is 451 g/mol. The van der Waals surface area contributed by atoms with Gasteiger partial charge in [-0.1, -0.05) is 30.0 Å². The van der Waals surface area contributed by atoms with Gasteiger partial charge in [0, 0.05) is 36.2 Å². The summed E-state index contributed by atoms with van der Waals surface area (Å²) < 4.78 is 26.6. The van der Waals surface area contributed by atoms with E-state index < -0.39 is 0 Å². The number of aromatic nitrogens is 4. The lowest BCUT2D eigenvalue weighted by molar-refractivity contribution is -0.121. The Morgan fingerprint density at radius 1 is 1.03 bits per heavy atom. The van der Waals surface area contributed by atoms with Crippen molar-refractivity contribution in [3.63, 3.8) is 0 Å². The number of thioether (sulfide) groups is 1. The normalized spacial score (nSPS) is 11.8. The van der Waals surface area contributed by atoms with Crippen molar-refractivity contribution in [2.75, 3.05) is 0 Å². The molecule has 0 aliphatic heterocycles. The molecule has 0 radical (unpaired) electrons. The number of halogens is 2. The molecule has 4 rings (SSSR count). The maximum atomic E-state index is 13.4. The van der Waals surface area contributed by atoms with Gasteiger partial charge in [-0.15, -0.1) is 5.10 Å². The Labute approximate surface area is 187 Å². The van der Waals surface area contributed by atoms with Crippen LogP contribution >= 0.6 is 11.8 Å². The predicted octanol–water partition coefficient (Wildman–Crippen LogP) is 4.68. The second-order valence-electron chi connectivity index (χ2n) is 6.97. The number of nitrogens with zero attached hydrogens (tertiary/aromatic N) is 3. The summed E-state index contributed by atoms with van der Waals surface area (Å²) in [7, 11) is 0. The predicted molar refractivity (Wildman–Crippen MR) is 117 cm³/mol. The Hall–Kier alpha value is -3.59. The van der Waals surface area contributed by atoms with Crippen LogP contribution in [0.15, 0.2) is 78.2 Å². The zero-order valence-electron chi connectivity index (χ0n) is 16.8. The van der Waals surface area contributed by atoms with Crippen LogP contribution in [-0.4, -0.2) is 26.1 Å². The molecule has 9 heteroatoms. The molecule has 6 nitrogen and oxygen atoms in total. The van der Waals surface area contributed by atoms with Crippen LogP contribution in [0.3, 0.4) is 0 Å². The standard InChI is InChI=1S/C23H19F2N5OS/c24-18-7-3-16(4-8-18)20(12-21(31)27-14-15-2-1-11-26-13-15)32-23-28-22(29-30-23)17-5-9-19(25)10-6-17/h1-11,13,20H,12,14H2,(H,27,31)(H,28,29,30)/t20-/m0/s1. The van der Waals surface area contributed by atoms with E-state index in [-0.39, 0.29) is 29.2 Å². The van der Waals surface area contributed by atoms with E-state index in [2.05, 4.69) is 25.5 Å². The molecule has 0 spiro atoms. The molecule has 1 atom stereocenters. The van der Waals surface area contributed by atoms with Gasteiger partial charge in [-0.05, 0) is 53.6 Å². The summed E-state index contributed by atoms with van der Waals surface area (Å²) in [6.45, 7) is 0.364. The van der Waals surface area contributed by atoms with Crippen LogP contribution in [-0.2, 0) is 11.3 Å². The van der Waals surface area contributed by atoms with Crippen LogP contribution < -0.4 is 5.32 Å². The minimum Gasteiger partial charge on any atom is -0.352 e. The molecule has 1 amide bonds. The topological polar surface area (TPSA) is 83.6 Å². The van der Waals surface area contributed by atoms with Crippen molar-refractivity contribution in [1.82, 2.24) is 25.5 Å². The molecule has 0 aliphatic rings. The van der Waals surface area contributed by atoms with E-state index in [1.165, 1.54) is 36.0 Å². The molecule has 2 aromatic heterocycles. The fraction of sp³-hybridized carbons (Fsp3) is 0.130. The van der Waals surface area contributed by atoms with Gasteiger partial charge in [0.1, 0.15) is 11.6 Å². The first-order valence-electron chi connectivity index (χ1n) is 9.83. The summed E-state index contributed by atoms with van der Waals surface area (Å²) in [5, 5.41) is 10.0. The maximum absolute atomic E-state index is 13.4. The second kappa shape index (κ2) is 10.1. The van der Waals surface area contributed by atoms with E-state index in [9.17, 15) is 13.6 Å². The first kappa shape index (κ1) is 21.6. The minimum atomic E-state index is -0.352. The molecule has 0 unspecified atom stereocenters. The lowest BCUT2D eigenvalue weighted by Crippen LogP contribution is -2.24. The Bertz CT molecular complexity index is 1170. The quantitative estimate of drug-likeness (QED) is 0.380. The van der Waals surface area contributed by atoms with Crippen molar-refractivity contribution < 1.29 is 13.6 Å². The van der Waals surface area contributed by atoms with Gasteiger partial charge < -0.3 is 5.32 Å². The van der Waals surface area contributed by atoms with Crippen molar-refractivity contribution in [3.05, 3.63) is 95.8 Å². The van der Waals surface area contributed by atoms with Crippen molar-refractivity contribution in [1.29, 1.82) is 0 Å². The molecule has 0 saturated heterocycles. The number of amides is 1. The molecular weight excluding hydrogens is 432 g/mol. The highest BCUT2D eigenvalue weighted by Gasteiger charge is 2.20. The third kappa shape index (κ3) is 5.76. The minimum absolute atomic E-state index is 0.150. The van der Waals surface area contributed by atoms with Crippen molar-refractivity contribution in [3.8, 4) is 11.4 Å². The van der Waals surface area contributed by atoms with E-state index in [1.807, 2.05) is 6.07 Å². The smallest absolute Gasteiger partial charge is 0.221 e. The number of hydrogen-bond acceptors (Lipinski definition) is 5. The van der Waals surface area contributed by atoms with Gasteiger partial charge in [0.05, 0.1) is 0 Å². The molecule has 162 valence electrons. The van der Waals surface area contributed by atoms with Crippen molar-refractivity contribution >= 4 is 17.7 Å². The van der Waals surface area contributed by atoms with Crippen LogP contribution in [0.1, 0.15) is 22.8 Å². The average Bonchev–Trinajstić information content (AvgIpc) is 3.27. The van der Waals surface area contributed by atoms with E-state index in [0.29, 0.717) is 23.1 Å². The molecule has 2 heterocycles. The van der Waals surface area contributed by atoms with Gasteiger partial charge in [0.25, 0.3) is 0 Å². The van der Waals surface area contributed by atoms with Gasteiger partial charge >= 0.3 is 0 Å². The van der Waals surface area contributed by atoms with Crippen LogP contribution in [0.4, 0.5) is 8.78 Å². The Kier molecular flexibility index (Phi) is 6.86. The van der Waals surface area contributed by atoms with Gasteiger partial charge in [-0.2, -0.15) is 0 Å². The van der Waals surface area contributed by atoms with E-state index in [4.69, 9.17) is 0 Å². The van der Waals surface area contributed by atoms with Crippen LogP contribution in [0, 0.1) is 11.6 Å². The Morgan fingerprint density at radius 3 is 2.44 bits per heavy atom. The maximum Gasteiger partial charge on any atom is 0.221 e. The fourth-order valence-corrected chi connectivity index (χ4v) is 4.04. The molecular formula is C23H19F2N5OS. The number of carbonyl (C=O) groups is 1. The molecule has 0 bridgehead atoms. The van der Waals surface area contributed by atoms with E-state index in [0.717, 1.165) is 11.1 Å². The number of carbonyl (C=O) groups excluding carboxylic acids is 1. The van der Waals surface area contributed by atoms with Gasteiger partial charge in [-0.25, -0.2) is 13.8 Å². The largest absolute Gasteiger partial charge is 0.352 e. The first-order chi connectivity index (χ1) is 15.6. The molecule has 2 N–H and O–H groups in total. The lowest BCUT2D eigenvalue weighted by atomic mass is 10.1. The third-order valence-electron chi connectivity index (χ3n) is 4.66. The zero-order valence-corrected chi connectivity index (χ0v) is 17.7. The first-order valence-corrected chi connectivity index (χ1v) is 10.7. The molecule has 0 aliphatic carbocycles. The third-order valence-corrected chi connectivity index (χ3v) is 5.77. The number of nitrogens with one attached hydrogen (secondary N) is 2.